The third-order valence-corrected chi connectivity index (χ3v) is 2.95. The molecule has 1 aromatic carbocycles. The zero-order chi connectivity index (χ0) is 13.0. The number of hydrogen-bond acceptors (Lipinski definition) is 3. The van der Waals surface area contributed by atoms with Gasteiger partial charge in [-0.2, -0.15) is 0 Å². The number of ketones is 2. The summed E-state index contributed by atoms with van der Waals surface area (Å²) in [6.45, 7) is 0. The molecular weight excluding hydrogens is 228 g/mol. The Labute approximate surface area is 105 Å². The maximum Gasteiger partial charge on any atom is 0.191 e. The number of aliphatic hydroxyl groups is 1. The van der Waals surface area contributed by atoms with Gasteiger partial charge in [-0.15, -0.1) is 0 Å². The van der Waals surface area contributed by atoms with E-state index in [1.165, 1.54) is 18.2 Å². The van der Waals surface area contributed by atoms with Gasteiger partial charge in [0.25, 0.3) is 0 Å². The molecule has 2 rings (SSSR count). The third kappa shape index (κ3) is 2.81. The summed E-state index contributed by atoms with van der Waals surface area (Å²) in [5, 5.41) is 10.1. The molecule has 0 saturated heterocycles. The highest BCUT2D eigenvalue weighted by molar-refractivity contribution is 6.04. The molecule has 0 fully saturated rings. The smallest absolute Gasteiger partial charge is 0.191 e. The molecule has 18 heavy (non-hydrogen) atoms. The van der Waals surface area contributed by atoms with Crippen molar-refractivity contribution in [1.29, 1.82) is 0 Å². The molecule has 0 unspecified atom stereocenters. The summed E-state index contributed by atoms with van der Waals surface area (Å²) in [4.78, 5) is 22.9. The SMILES string of the molecule is O=C1C=C[C@@](O)(C(=O)/C=C/c2ccccc2)CC1. The lowest BCUT2D eigenvalue weighted by atomic mass is 9.86. The highest BCUT2D eigenvalue weighted by atomic mass is 16.3. The maximum atomic E-state index is 11.9. The molecule has 0 bridgehead atoms. The van der Waals surface area contributed by atoms with Gasteiger partial charge in [-0.1, -0.05) is 36.4 Å². The highest BCUT2D eigenvalue weighted by Gasteiger charge is 2.33. The van der Waals surface area contributed by atoms with E-state index in [1.54, 1.807) is 6.08 Å². The molecule has 3 nitrogen and oxygen atoms in total. The number of carbonyl (C=O) groups excluding carboxylic acids is 2. The van der Waals surface area contributed by atoms with E-state index >= 15 is 0 Å². The second-order valence-electron chi connectivity index (χ2n) is 4.33. The van der Waals surface area contributed by atoms with Crippen molar-refractivity contribution < 1.29 is 14.7 Å². The quantitative estimate of drug-likeness (QED) is 0.824. The fourth-order valence-electron chi connectivity index (χ4n) is 1.80. The second kappa shape index (κ2) is 5.10. The van der Waals surface area contributed by atoms with Crippen LogP contribution in [-0.2, 0) is 9.59 Å². The van der Waals surface area contributed by atoms with Crippen molar-refractivity contribution in [2.45, 2.75) is 18.4 Å². The minimum Gasteiger partial charge on any atom is -0.378 e. The number of rotatable bonds is 3. The molecule has 1 N–H and O–H groups in total. The van der Waals surface area contributed by atoms with Crippen LogP contribution < -0.4 is 0 Å². The maximum absolute atomic E-state index is 11.9. The van der Waals surface area contributed by atoms with Gasteiger partial charge in [-0.05, 0) is 30.2 Å². The lowest BCUT2D eigenvalue weighted by Crippen LogP contribution is -2.37. The predicted octanol–water partition coefficient (Wildman–Crippen LogP) is 1.92. The summed E-state index contributed by atoms with van der Waals surface area (Å²) >= 11 is 0. The van der Waals surface area contributed by atoms with E-state index in [4.69, 9.17) is 0 Å². The van der Waals surface area contributed by atoms with Crippen LogP contribution in [0.15, 0.2) is 48.6 Å². The highest BCUT2D eigenvalue weighted by Crippen LogP contribution is 2.22. The molecule has 1 atom stereocenters. The Kier molecular flexibility index (Phi) is 3.53. The first-order valence-corrected chi connectivity index (χ1v) is 5.82. The van der Waals surface area contributed by atoms with Crippen LogP contribution in [0.3, 0.4) is 0 Å². The van der Waals surface area contributed by atoms with E-state index in [0.29, 0.717) is 0 Å². The van der Waals surface area contributed by atoms with Gasteiger partial charge in [-0.3, -0.25) is 9.59 Å². The van der Waals surface area contributed by atoms with E-state index in [0.717, 1.165) is 5.56 Å². The van der Waals surface area contributed by atoms with Crippen molar-refractivity contribution in [2.24, 2.45) is 0 Å². The van der Waals surface area contributed by atoms with Crippen LogP contribution >= 0.6 is 0 Å². The van der Waals surface area contributed by atoms with Gasteiger partial charge in [0, 0.05) is 6.42 Å². The topological polar surface area (TPSA) is 54.4 Å². The Morgan fingerprint density at radius 2 is 2.00 bits per heavy atom. The first-order chi connectivity index (χ1) is 8.60. The molecule has 0 aliphatic heterocycles. The van der Waals surface area contributed by atoms with Gasteiger partial charge in [0.15, 0.2) is 11.6 Å². The largest absolute Gasteiger partial charge is 0.378 e. The van der Waals surface area contributed by atoms with Crippen LogP contribution in [-0.4, -0.2) is 22.3 Å². The summed E-state index contributed by atoms with van der Waals surface area (Å²) in [5.41, 5.74) is -0.635. The lowest BCUT2D eigenvalue weighted by molar-refractivity contribution is -0.129. The third-order valence-electron chi connectivity index (χ3n) is 2.95. The molecule has 0 aromatic heterocycles. The lowest BCUT2D eigenvalue weighted by Gasteiger charge is -2.23. The van der Waals surface area contributed by atoms with Gasteiger partial charge in [0.05, 0.1) is 0 Å². The minimum absolute atomic E-state index is 0.0560. The number of benzene rings is 1. The van der Waals surface area contributed by atoms with Gasteiger partial charge in [-0.25, -0.2) is 0 Å². The zero-order valence-corrected chi connectivity index (χ0v) is 9.87. The van der Waals surface area contributed by atoms with Crippen LogP contribution in [0, 0.1) is 0 Å². The molecule has 0 spiro atoms. The van der Waals surface area contributed by atoms with E-state index in [9.17, 15) is 14.7 Å². The van der Waals surface area contributed by atoms with Crippen LogP contribution in [0.25, 0.3) is 6.08 Å². The summed E-state index contributed by atoms with van der Waals surface area (Å²) in [5.74, 6) is -0.449. The van der Waals surface area contributed by atoms with Crippen LogP contribution in [0.1, 0.15) is 18.4 Å². The molecule has 1 aliphatic rings. The Hall–Kier alpha value is -2.00. The zero-order valence-electron chi connectivity index (χ0n) is 9.87. The molecule has 3 heteroatoms. The van der Waals surface area contributed by atoms with Crippen LogP contribution in [0.4, 0.5) is 0 Å². The summed E-state index contributed by atoms with van der Waals surface area (Å²) in [6.07, 6.45) is 5.94. The number of allylic oxidation sites excluding steroid dienone is 1. The first-order valence-electron chi connectivity index (χ1n) is 5.82. The monoisotopic (exact) mass is 242 g/mol. The Morgan fingerprint density at radius 1 is 1.28 bits per heavy atom. The minimum atomic E-state index is -1.53. The van der Waals surface area contributed by atoms with Crippen LogP contribution in [0.2, 0.25) is 0 Å². The van der Waals surface area contributed by atoms with E-state index in [-0.39, 0.29) is 18.6 Å². The van der Waals surface area contributed by atoms with Crippen molar-refractivity contribution in [3.8, 4) is 0 Å². The van der Waals surface area contributed by atoms with Gasteiger partial charge in [0.2, 0.25) is 0 Å². The fourth-order valence-corrected chi connectivity index (χ4v) is 1.80. The molecular formula is C15H14O3. The fraction of sp³-hybridized carbons (Fsp3) is 0.200. The number of carbonyl (C=O) groups is 2. The molecule has 0 heterocycles. The Morgan fingerprint density at radius 3 is 2.61 bits per heavy atom. The van der Waals surface area contributed by atoms with E-state index < -0.39 is 11.4 Å². The van der Waals surface area contributed by atoms with Gasteiger partial charge >= 0.3 is 0 Å². The van der Waals surface area contributed by atoms with Gasteiger partial charge in [0.1, 0.15) is 5.60 Å². The summed E-state index contributed by atoms with van der Waals surface area (Å²) < 4.78 is 0. The van der Waals surface area contributed by atoms with E-state index in [1.807, 2.05) is 30.3 Å². The second-order valence-corrected chi connectivity index (χ2v) is 4.33. The molecule has 1 aromatic rings. The normalized spacial score (nSPS) is 23.5. The molecule has 0 amide bonds. The molecule has 1 aliphatic carbocycles. The molecule has 0 saturated carbocycles. The summed E-state index contributed by atoms with van der Waals surface area (Å²) in [7, 11) is 0. The average Bonchev–Trinajstić information content (AvgIpc) is 2.41. The van der Waals surface area contributed by atoms with Crippen molar-refractivity contribution in [3.05, 3.63) is 54.1 Å². The average molecular weight is 242 g/mol. The van der Waals surface area contributed by atoms with Crippen LogP contribution in [0.5, 0.6) is 0 Å². The van der Waals surface area contributed by atoms with Crippen molar-refractivity contribution in [2.75, 3.05) is 0 Å². The Balaban J connectivity index is 2.11. The molecule has 92 valence electrons. The number of hydrogen-bond donors (Lipinski definition) is 1. The van der Waals surface area contributed by atoms with Crippen molar-refractivity contribution in [3.63, 3.8) is 0 Å². The Bertz CT molecular complexity index is 514. The standard InChI is InChI=1S/C15H14O3/c16-13-8-10-15(18,11-9-13)14(17)7-6-12-4-2-1-3-5-12/h1-8,10,18H,9,11H2/b7-6+/t15-/m0/s1. The van der Waals surface area contributed by atoms with E-state index in [2.05, 4.69) is 0 Å². The summed E-state index contributed by atoms with van der Waals surface area (Å²) in [6, 6.07) is 9.38. The van der Waals surface area contributed by atoms with Crippen molar-refractivity contribution in [1.82, 2.24) is 0 Å². The molecule has 0 radical (unpaired) electrons. The van der Waals surface area contributed by atoms with Crippen molar-refractivity contribution >= 4 is 17.6 Å². The van der Waals surface area contributed by atoms with Gasteiger partial charge < -0.3 is 5.11 Å². The predicted molar refractivity (Wildman–Crippen MR) is 68.8 cm³/mol. The first kappa shape index (κ1) is 12.5.